The molecule has 3 rings (SSSR count). The summed E-state index contributed by atoms with van der Waals surface area (Å²) in [6.45, 7) is 4.20. The second-order valence-electron chi connectivity index (χ2n) is 5.20. The van der Waals surface area contributed by atoms with Gasteiger partial charge >= 0.3 is 0 Å². The van der Waals surface area contributed by atoms with E-state index >= 15 is 0 Å². The van der Waals surface area contributed by atoms with Crippen molar-refractivity contribution < 1.29 is 0 Å². The molecule has 1 fully saturated rings. The highest BCUT2D eigenvalue weighted by Gasteiger charge is 2.31. The summed E-state index contributed by atoms with van der Waals surface area (Å²) in [4.78, 5) is 5.78. The Labute approximate surface area is 102 Å². The SMILES string of the molecule is Cc1[nH]c2ccccc2c1C1CN(C)CC1N. The van der Waals surface area contributed by atoms with E-state index in [4.69, 9.17) is 5.73 Å². The number of hydrogen-bond donors (Lipinski definition) is 2. The van der Waals surface area contributed by atoms with Crippen LogP contribution in [0.25, 0.3) is 10.9 Å². The van der Waals surface area contributed by atoms with E-state index in [1.165, 1.54) is 22.2 Å². The van der Waals surface area contributed by atoms with Gasteiger partial charge in [0.25, 0.3) is 0 Å². The first-order valence-corrected chi connectivity index (χ1v) is 6.18. The first-order chi connectivity index (χ1) is 8.16. The van der Waals surface area contributed by atoms with Crippen LogP contribution in [-0.4, -0.2) is 36.1 Å². The lowest BCUT2D eigenvalue weighted by molar-refractivity contribution is 0.408. The third kappa shape index (κ3) is 1.66. The van der Waals surface area contributed by atoms with E-state index in [0.29, 0.717) is 5.92 Å². The van der Waals surface area contributed by atoms with Crippen molar-refractivity contribution in [1.82, 2.24) is 9.88 Å². The van der Waals surface area contributed by atoms with E-state index in [1.54, 1.807) is 0 Å². The number of nitrogens with zero attached hydrogens (tertiary/aromatic N) is 1. The first-order valence-electron chi connectivity index (χ1n) is 6.18. The monoisotopic (exact) mass is 229 g/mol. The van der Waals surface area contributed by atoms with Gasteiger partial charge in [-0.25, -0.2) is 0 Å². The van der Waals surface area contributed by atoms with Crippen molar-refractivity contribution in [1.29, 1.82) is 0 Å². The highest BCUT2D eigenvalue weighted by atomic mass is 15.1. The highest BCUT2D eigenvalue weighted by Crippen LogP contribution is 2.33. The minimum absolute atomic E-state index is 0.248. The van der Waals surface area contributed by atoms with Crippen LogP contribution in [-0.2, 0) is 0 Å². The normalized spacial score (nSPS) is 25.8. The van der Waals surface area contributed by atoms with E-state index in [1.807, 2.05) is 0 Å². The van der Waals surface area contributed by atoms with Crippen molar-refractivity contribution in [3.8, 4) is 0 Å². The topological polar surface area (TPSA) is 45.0 Å². The molecule has 0 radical (unpaired) electrons. The summed E-state index contributed by atoms with van der Waals surface area (Å²) >= 11 is 0. The Morgan fingerprint density at radius 3 is 2.76 bits per heavy atom. The maximum atomic E-state index is 6.26. The molecule has 1 aliphatic heterocycles. The van der Waals surface area contributed by atoms with Gasteiger partial charge in [-0.05, 0) is 25.6 Å². The lowest BCUT2D eigenvalue weighted by atomic mass is 9.92. The van der Waals surface area contributed by atoms with Crippen molar-refractivity contribution in [3.05, 3.63) is 35.5 Å². The molecule has 3 heteroatoms. The predicted octanol–water partition coefficient (Wildman–Crippen LogP) is 1.83. The van der Waals surface area contributed by atoms with Crippen LogP contribution in [0.1, 0.15) is 17.2 Å². The van der Waals surface area contributed by atoms with E-state index in [9.17, 15) is 0 Å². The fourth-order valence-corrected chi connectivity index (χ4v) is 3.11. The Balaban J connectivity index is 2.13. The Morgan fingerprint density at radius 2 is 2.06 bits per heavy atom. The molecule has 3 nitrogen and oxygen atoms in total. The third-order valence-electron chi connectivity index (χ3n) is 3.86. The highest BCUT2D eigenvalue weighted by molar-refractivity contribution is 5.85. The minimum Gasteiger partial charge on any atom is -0.358 e. The van der Waals surface area contributed by atoms with Crippen molar-refractivity contribution >= 4 is 10.9 Å². The number of aryl methyl sites for hydroxylation is 1. The molecule has 1 saturated heterocycles. The van der Waals surface area contributed by atoms with E-state index < -0.39 is 0 Å². The average molecular weight is 229 g/mol. The van der Waals surface area contributed by atoms with E-state index in [-0.39, 0.29) is 6.04 Å². The Morgan fingerprint density at radius 1 is 1.29 bits per heavy atom. The molecule has 3 N–H and O–H groups in total. The van der Waals surface area contributed by atoms with Gasteiger partial charge in [0.05, 0.1) is 0 Å². The van der Waals surface area contributed by atoms with Gasteiger partial charge in [-0.2, -0.15) is 0 Å². The average Bonchev–Trinajstić information content (AvgIpc) is 2.77. The van der Waals surface area contributed by atoms with E-state index in [0.717, 1.165) is 13.1 Å². The van der Waals surface area contributed by atoms with E-state index in [2.05, 4.69) is 48.1 Å². The van der Waals surface area contributed by atoms with Crippen LogP contribution < -0.4 is 5.73 Å². The zero-order valence-corrected chi connectivity index (χ0v) is 10.4. The molecule has 2 unspecified atom stereocenters. The van der Waals surface area contributed by atoms with Crippen LogP contribution in [0.3, 0.4) is 0 Å². The summed E-state index contributed by atoms with van der Waals surface area (Å²) in [6.07, 6.45) is 0. The van der Waals surface area contributed by atoms with Crippen LogP contribution in [0.4, 0.5) is 0 Å². The number of aromatic amines is 1. The molecule has 0 bridgehead atoms. The molecule has 2 aromatic rings. The maximum absolute atomic E-state index is 6.26. The molecule has 0 saturated carbocycles. The number of H-pyrrole nitrogens is 1. The number of hydrogen-bond acceptors (Lipinski definition) is 2. The molecule has 0 aliphatic carbocycles. The largest absolute Gasteiger partial charge is 0.358 e. The van der Waals surface area contributed by atoms with Gasteiger partial charge < -0.3 is 15.6 Å². The fraction of sp³-hybridized carbons (Fsp3) is 0.429. The molecular weight excluding hydrogens is 210 g/mol. The van der Waals surface area contributed by atoms with Gasteiger partial charge in [0.2, 0.25) is 0 Å². The predicted molar refractivity (Wildman–Crippen MR) is 71.2 cm³/mol. The second-order valence-corrected chi connectivity index (χ2v) is 5.20. The summed E-state index contributed by atoms with van der Waals surface area (Å²) in [5.41, 5.74) is 10.2. The van der Waals surface area contributed by atoms with Gasteiger partial charge in [-0.15, -0.1) is 0 Å². The van der Waals surface area contributed by atoms with Crippen LogP contribution >= 0.6 is 0 Å². The molecular formula is C14H19N3. The van der Waals surface area contributed by atoms with Gasteiger partial charge in [-0.3, -0.25) is 0 Å². The standard InChI is InChI=1S/C14H19N3/c1-9-14(11-7-17(2)8-12(11)15)10-5-3-4-6-13(10)16-9/h3-6,11-12,16H,7-8,15H2,1-2H3. The maximum Gasteiger partial charge on any atom is 0.0458 e. The Hall–Kier alpha value is -1.32. The summed E-state index contributed by atoms with van der Waals surface area (Å²) in [6, 6.07) is 8.75. The molecule has 90 valence electrons. The number of nitrogens with one attached hydrogen (secondary N) is 1. The molecule has 0 amide bonds. The number of fused-ring (bicyclic) bond motifs is 1. The lowest BCUT2D eigenvalue weighted by Crippen LogP contribution is -2.28. The van der Waals surface area contributed by atoms with Gasteiger partial charge in [0, 0.05) is 41.6 Å². The number of likely N-dealkylation sites (tertiary alicyclic amines) is 1. The molecule has 1 aliphatic rings. The third-order valence-corrected chi connectivity index (χ3v) is 3.86. The molecule has 2 heterocycles. The zero-order valence-electron chi connectivity index (χ0n) is 10.4. The number of para-hydroxylation sites is 1. The summed E-state index contributed by atoms with van der Waals surface area (Å²) in [5, 5.41) is 1.33. The lowest BCUT2D eigenvalue weighted by Gasteiger charge is -2.15. The Bertz CT molecular complexity index is 543. The summed E-state index contributed by atoms with van der Waals surface area (Å²) < 4.78 is 0. The molecule has 1 aromatic heterocycles. The minimum atomic E-state index is 0.248. The number of likely N-dealkylation sites (N-methyl/N-ethyl adjacent to an activating group) is 1. The summed E-state index contributed by atoms with van der Waals surface area (Å²) in [5.74, 6) is 0.455. The van der Waals surface area contributed by atoms with Crippen molar-refractivity contribution in [3.63, 3.8) is 0 Å². The van der Waals surface area contributed by atoms with Crippen LogP contribution in [0.15, 0.2) is 24.3 Å². The first kappa shape index (κ1) is 10.8. The Kier molecular flexibility index (Phi) is 2.45. The zero-order chi connectivity index (χ0) is 12.0. The smallest absolute Gasteiger partial charge is 0.0458 e. The van der Waals surface area contributed by atoms with Gasteiger partial charge in [0.1, 0.15) is 0 Å². The number of nitrogens with two attached hydrogens (primary N) is 1. The molecule has 1 aromatic carbocycles. The number of aromatic nitrogens is 1. The van der Waals surface area contributed by atoms with Crippen molar-refractivity contribution in [2.24, 2.45) is 5.73 Å². The molecule has 17 heavy (non-hydrogen) atoms. The van der Waals surface area contributed by atoms with Crippen LogP contribution in [0.2, 0.25) is 0 Å². The molecule has 2 atom stereocenters. The van der Waals surface area contributed by atoms with Crippen molar-refractivity contribution in [2.45, 2.75) is 18.9 Å². The number of rotatable bonds is 1. The number of benzene rings is 1. The molecule has 0 spiro atoms. The van der Waals surface area contributed by atoms with Crippen LogP contribution in [0.5, 0.6) is 0 Å². The van der Waals surface area contributed by atoms with Gasteiger partial charge in [-0.1, -0.05) is 18.2 Å². The second kappa shape index (κ2) is 3.86. The van der Waals surface area contributed by atoms with Crippen molar-refractivity contribution in [2.75, 3.05) is 20.1 Å². The summed E-state index contributed by atoms with van der Waals surface area (Å²) in [7, 11) is 2.14. The van der Waals surface area contributed by atoms with Gasteiger partial charge in [0.15, 0.2) is 0 Å². The van der Waals surface area contributed by atoms with Crippen LogP contribution in [0, 0.1) is 6.92 Å². The fourth-order valence-electron chi connectivity index (χ4n) is 3.11. The quantitative estimate of drug-likeness (QED) is 0.783.